The van der Waals surface area contributed by atoms with Gasteiger partial charge in [0.1, 0.15) is 0 Å². The lowest BCUT2D eigenvalue weighted by atomic mass is 10.2. The summed E-state index contributed by atoms with van der Waals surface area (Å²) in [5.41, 5.74) is 1.21. The predicted octanol–water partition coefficient (Wildman–Crippen LogP) is 3.21. The van der Waals surface area contributed by atoms with Crippen molar-refractivity contribution in [1.82, 2.24) is 5.32 Å². The van der Waals surface area contributed by atoms with Crippen molar-refractivity contribution in [3.05, 3.63) is 21.3 Å². The van der Waals surface area contributed by atoms with Gasteiger partial charge in [0.05, 0.1) is 17.8 Å². The quantitative estimate of drug-likeness (QED) is 0.490. The Morgan fingerprint density at radius 3 is 2.60 bits per heavy atom. The van der Waals surface area contributed by atoms with Gasteiger partial charge in [-0.2, -0.15) is 0 Å². The Morgan fingerprint density at radius 2 is 1.95 bits per heavy atom. The SMILES string of the molecule is CCOCCCCNCc1cc(I)c(OC)c(OC)c1. The molecule has 0 fully saturated rings. The molecule has 20 heavy (non-hydrogen) atoms. The van der Waals surface area contributed by atoms with Gasteiger partial charge in [0.15, 0.2) is 11.5 Å². The van der Waals surface area contributed by atoms with Gasteiger partial charge in [-0.05, 0) is 66.6 Å². The summed E-state index contributed by atoms with van der Waals surface area (Å²) in [6.07, 6.45) is 2.23. The van der Waals surface area contributed by atoms with E-state index in [4.69, 9.17) is 14.2 Å². The first-order valence-electron chi connectivity index (χ1n) is 6.91. The highest BCUT2D eigenvalue weighted by molar-refractivity contribution is 14.1. The number of rotatable bonds is 10. The number of nitrogens with one attached hydrogen (secondary N) is 1. The van der Waals surface area contributed by atoms with Crippen LogP contribution in [0.3, 0.4) is 0 Å². The lowest BCUT2D eigenvalue weighted by molar-refractivity contribution is 0.143. The van der Waals surface area contributed by atoms with Gasteiger partial charge in [-0.1, -0.05) is 0 Å². The molecule has 1 rings (SSSR count). The zero-order valence-corrected chi connectivity index (χ0v) is 14.7. The minimum Gasteiger partial charge on any atom is -0.493 e. The summed E-state index contributed by atoms with van der Waals surface area (Å²) >= 11 is 2.27. The molecule has 0 bridgehead atoms. The van der Waals surface area contributed by atoms with Crippen LogP contribution in [0.1, 0.15) is 25.3 Å². The first-order chi connectivity index (χ1) is 9.72. The molecular weight excluding hydrogens is 369 g/mol. The molecular formula is C15H24INO3. The van der Waals surface area contributed by atoms with E-state index in [0.29, 0.717) is 0 Å². The normalized spacial score (nSPS) is 10.6. The third-order valence-electron chi connectivity index (χ3n) is 2.92. The number of unbranched alkanes of at least 4 members (excludes halogenated alkanes) is 1. The molecule has 0 aromatic heterocycles. The van der Waals surface area contributed by atoms with Crippen molar-refractivity contribution in [2.24, 2.45) is 0 Å². The highest BCUT2D eigenvalue weighted by Crippen LogP contribution is 2.33. The van der Waals surface area contributed by atoms with Crippen molar-refractivity contribution in [3.8, 4) is 11.5 Å². The molecule has 0 aliphatic rings. The van der Waals surface area contributed by atoms with Crippen LogP contribution in [0.5, 0.6) is 11.5 Å². The fourth-order valence-corrected chi connectivity index (χ4v) is 2.79. The number of ether oxygens (including phenoxy) is 3. The van der Waals surface area contributed by atoms with Crippen LogP contribution in [0.4, 0.5) is 0 Å². The van der Waals surface area contributed by atoms with E-state index >= 15 is 0 Å². The molecule has 1 aromatic carbocycles. The van der Waals surface area contributed by atoms with E-state index in [2.05, 4.69) is 34.0 Å². The van der Waals surface area contributed by atoms with E-state index in [1.54, 1.807) is 14.2 Å². The Kier molecular flexibility index (Phi) is 8.97. The smallest absolute Gasteiger partial charge is 0.174 e. The van der Waals surface area contributed by atoms with Crippen molar-refractivity contribution < 1.29 is 14.2 Å². The minimum absolute atomic E-state index is 0.785. The molecule has 0 saturated carbocycles. The van der Waals surface area contributed by atoms with E-state index in [9.17, 15) is 0 Å². The summed E-state index contributed by atoms with van der Waals surface area (Å²) in [6.45, 7) is 5.52. The third kappa shape index (κ3) is 5.85. The number of hydrogen-bond acceptors (Lipinski definition) is 4. The first-order valence-corrected chi connectivity index (χ1v) is 7.99. The van der Waals surface area contributed by atoms with Crippen LogP contribution in [0, 0.1) is 3.57 Å². The standard InChI is InChI=1S/C15H24INO3/c1-4-20-8-6-5-7-17-11-12-9-13(16)15(19-3)14(10-12)18-2/h9-10,17H,4-8,11H2,1-3H3. The Hall–Kier alpha value is -0.530. The van der Waals surface area contributed by atoms with Gasteiger partial charge in [0.2, 0.25) is 0 Å². The second-order valence-electron chi connectivity index (χ2n) is 4.39. The van der Waals surface area contributed by atoms with Gasteiger partial charge < -0.3 is 19.5 Å². The Labute approximate surface area is 135 Å². The molecule has 0 aliphatic heterocycles. The van der Waals surface area contributed by atoms with Crippen LogP contribution in [0.2, 0.25) is 0 Å². The van der Waals surface area contributed by atoms with E-state index < -0.39 is 0 Å². The lowest BCUT2D eigenvalue weighted by Gasteiger charge is -2.12. The molecule has 0 heterocycles. The molecule has 5 heteroatoms. The molecule has 1 aromatic rings. The summed E-state index contributed by atoms with van der Waals surface area (Å²) < 4.78 is 17.1. The van der Waals surface area contributed by atoms with E-state index in [1.807, 2.05) is 13.0 Å². The van der Waals surface area contributed by atoms with Crippen LogP contribution in [-0.4, -0.2) is 34.0 Å². The first kappa shape index (κ1) is 17.5. The van der Waals surface area contributed by atoms with Gasteiger partial charge in [0.25, 0.3) is 0 Å². The minimum atomic E-state index is 0.785. The maximum absolute atomic E-state index is 5.36. The Morgan fingerprint density at radius 1 is 1.15 bits per heavy atom. The zero-order valence-electron chi connectivity index (χ0n) is 12.5. The van der Waals surface area contributed by atoms with E-state index in [0.717, 1.165) is 54.2 Å². The second kappa shape index (κ2) is 10.2. The van der Waals surface area contributed by atoms with Crippen molar-refractivity contribution >= 4 is 22.6 Å². The van der Waals surface area contributed by atoms with Crippen molar-refractivity contribution in [2.75, 3.05) is 34.0 Å². The molecule has 0 saturated heterocycles. The molecule has 0 amide bonds. The van der Waals surface area contributed by atoms with Gasteiger partial charge >= 0.3 is 0 Å². The van der Waals surface area contributed by atoms with Gasteiger partial charge in [-0.15, -0.1) is 0 Å². The van der Waals surface area contributed by atoms with Crippen molar-refractivity contribution in [3.63, 3.8) is 0 Å². The second-order valence-corrected chi connectivity index (χ2v) is 5.56. The number of benzene rings is 1. The molecule has 0 unspecified atom stereocenters. The average Bonchev–Trinajstić information content (AvgIpc) is 2.45. The fraction of sp³-hybridized carbons (Fsp3) is 0.600. The maximum atomic E-state index is 5.36. The summed E-state index contributed by atoms with van der Waals surface area (Å²) in [7, 11) is 3.33. The number of hydrogen-bond donors (Lipinski definition) is 1. The third-order valence-corrected chi connectivity index (χ3v) is 3.72. The average molecular weight is 393 g/mol. The molecule has 114 valence electrons. The van der Waals surface area contributed by atoms with Crippen LogP contribution < -0.4 is 14.8 Å². The van der Waals surface area contributed by atoms with Crippen LogP contribution >= 0.6 is 22.6 Å². The van der Waals surface area contributed by atoms with Crippen molar-refractivity contribution in [1.29, 1.82) is 0 Å². The fourth-order valence-electron chi connectivity index (χ4n) is 1.90. The van der Waals surface area contributed by atoms with E-state index in [-0.39, 0.29) is 0 Å². The molecule has 0 radical (unpaired) electrons. The van der Waals surface area contributed by atoms with Crippen molar-refractivity contribution in [2.45, 2.75) is 26.3 Å². The molecule has 0 aliphatic carbocycles. The highest BCUT2D eigenvalue weighted by atomic mass is 127. The van der Waals surface area contributed by atoms with Gasteiger partial charge in [-0.25, -0.2) is 0 Å². The highest BCUT2D eigenvalue weighted by Gasteiger charge is 2.09. The topological polar surface area (TPSA) is 39.7 Å². The van der Waals surface area contributed by atoms with Crippen LogP contribution in [-0.2, 0) is 11.3 Å². The Balaban J connectivity index is 2.39. The molecule has 1 N–H and O–H groups in total. The molecule has 0 spiro atoms. The summed E-state index contributed by atoms with van der Waals surface area (Å²) in [6, 6.07) is 4.14. The van der Waals surface area contributed by atoms with Crippen LogP contribution in [0.15, 0.2) is 12.1 Å². The zero-order chi connectivity index (χ0) is 14.8. The monoisotopic (exact) mass is 393 g/mol. The molecule has 4 nitrogen and oxygen atoms in total. The largest absolute Gasteiger partial charge is 0.493 e. The van der Waals surface area contributed by atoms with Gasteiger partial charge in [0, 0.05) is 19.8 Å². The summed E-state index contributed by atoms with van der Waals surface area (Å²) in [5, 5.41) is 3.44. The maximum Gasteiger partial charge on any atom is 0.174 e. The van der Waals surface area contributed by atoms with Crippen LogP contribution in [0.25, 0.3) is 0 Å². The predicted molar refractivity (Wildman–Crippen MR) is 89.7 cm³/mol. The number of methoxy groups -OCH3 is 2. The van der Waals surface area contributed by atoms with Gasteiger partial charge in [-0.3, -0.25) is 0 Å². The summed E-state index contributed by atoms with van der Waals surface area (Å²) in [4.78, 5) is 0. The Bertz CT molecular complexity index is 399. The lowest BCUT2D eigenvalue weighted by Crippen LogP contribution is -2.15. The number of halogens is 1. The molecule has 0 atom stereocenters. The summed E-state index contributed by atoms with van der Waals surface area (Å²) in [5.74, 6) is 1.58. The van der Waals surface area contributed by atoms with E-state index in [1.165, 1.54) is 5.56 Å².